The minimum absolute atomic E-state index is 0.245. The molecule has 2 heterocycles. The standard InChI is InChI=1S/C20H20N2O3S/c1-2-24-20-15(7-6-11-21-20)13-22-19(23)18-16(10-12-25-18)14-26-17-8-4-3-5-9-17/h3-12H,2,13-14H2,1H3,(H,22,23). The van der Waals surface area contributed by atoms with E-state index in [9.17, 15) is 4.79 Å². The van der Waals surface area contributed by atoms with Crippen LogP contribution in [0.5, 0.6) is 5.88 Å². The molecule has 1 amide bonds. The number of furan rings is 1. The van der Waals surface area contributed by atoms with Gasteiger partial charge in [0.15, 0.2) is 5.76 Å². The molecule has 2 aromatic heterocycles. The third-order valence-corrected chi connectivity index (χ3v) is 4.72. The summed E-state index contributed by atoms with van der Waals surface area (Å²) in [5, 5.41) is 2.88. The van der Waals surface area contributed by atoms with Crippen molar-refractivity contribution in [1.82, 2.24) is 10.3 Å². The highest BCUT2D eigenvalue weighted by Gasteiger charge is 2.16. The van der Waals surface area contributed by atoms with Crippen molar-refractivity contribution in [3.63, 3.8) is 0 Å². The zero-order chi connectivity index (χ0) is 18.2. The molecule has 0 aliphatic heterocycles. The summed E-state index contributed by atoms with van der Waals surface area (Å²) < 4.78 is 10.9. The Morgan fingerprint density at radius 3 is 2.81 bits per heavy atom. The number of nitrogens with zero attached hydrogens (tertiary/aromatic N) is 1. The molecule has 0 aliphatic rings. The summed E-state index contributed by atoms with van der Waals surface area (Å²) in [5.41, 5.74) is 1.70. The number of pyridine rings is 1. The SMILES string of the molecule is CCOc1ncccc1CNC(=O)c1occc1CSc1ccccc1. The molecule has 5 nitrogen and oxygen atoms in total. The van der Waals surface area contributed by atoms with Crippen LogP contribution < -0.4 is 10.1 Å². The molecule has 0 bridgehead atoms. The first-order valence-corrected chi connectivity index (χ1v) is 9.35. The molecule has 0 saturated carbocycles. The molecule has 3 rings (SSSR count). The predicted molar refractivity (Wildman–Crippen MR) is 101 cm³/mol. The van der Waals surface area contributed by atoms with Gasteiger partial charge in [-0.2, -0.15) is 0 Å². The van der Waals surface area contributed by atoms with Gasteiger partial charge >= 0.3 is 0 Å². The largest absolute Gasteiger partial charge is 0.478 e. The summed E-state index contributed by atoms with van der Waals surface area (Å²) in [5.74, 6) is 1.30. The maximum absolute atomic E-state index is 12.5. The quantitative estimate of drug-likeness (QED) is 0.601. The molecule has 1 N–H and O–H groups in total. The normalized spacial score (nSPS) is 10.5. The van der Waals surface area contributed by atoms with Gasteiger partial charge in [-0.05, 0) is 31.2 Å². The van der Waals surface area contributed by atoms with Gasteiger partial charge in [0.25, 0.3) is 5.91 Å². The smallest absolute Gasteiger partial charge is 0.287 e. The van der Waals surface area contributed by atoms with Gasteiger partial charge in [-0.3, -0.25) is 4.79 Å². The average Bonchev–Trinajstić information content (AvgIpc) is 3.15. The maximum atomic E-state index is 12.5. The summed E-state index contributed by atoms with van der Waals surface area (Å²) in [7, 11) is 0. The highest BCUT2D eigenvalue weighted by Crippen LogP contribution is 2.25. The van der Waals surface area contributed by atoms with Gasteiger partial charge in [0.05, 0.1) is 12.9 Å². The molecule has 6 heteroatoms. The number of hydrogen-bond donors (Lipinski definition) is 1. The van der Waals surface area contributed by atoms with Gasteiger partial charge in [-0.15, -0.1) is 11.8 Å². The maximum Gasteiger partial charge on any atom is 0.287 e. The van der Waals surface area contributed by atoms with Gasteiger partial charge < -0.3 is 14.5 Å². The molecule has 3 aromatic rings. The van der Waals surface area contributed by atoms with E-state index in [1.807, 2.05) is 55.5 Å². The molecular formula is C20H20N2O3S. The molecular weight excluding hydrogens is 348 g/mol. The number of benzene rings is 1. The van der Waals surface area contributed by atoms with Crippen LogP contribution in [0.25, 0.3) is 0 Å². The van der Waals surface area contributed by atoms with Gasteiger partial charge in [0, 0.05) is 34.5 Å². The Morgan fingerprint density at radius 1 is 1.15 bits per heavy atom. The Kier molecular flexibility index (Phi) is 6.33. The van der Waals surface area contributed by atoms with E-state index in [-0.39, 0.29) is 5.91 Å². The minimum Gasteiger partial charge on any atom is -0.478 e. The van der Waals surface area contributed by atoms with E-state index in [0.29, 0.717) is 30.5 Å². The minimum atomic E-state index is -0.245. The summed E-state index contributed by atoms with van der Waals surface area (Å²) in [6.07, 6.45) is 3.22. The summed E-state index contributed by atoms with van der Waals surface area (Å²) in [6, 6.07) is 15.6. The number of nitrogens with one attached hydrogen (secondary N) is 1. The molecule has 0 atom stereocenters. The van der Waals surface area contributed by atoms with E-state index in [0.717, 1.165) is 16.0 Å². The molecule has 0 spiro atoms. The number of carbonyl (C=O) groups excluding carboxylic acids is 1. The Balaban J connectivity index is 1.61. The average molecular weight is 368 g/mol. The van der Waals surface area contributed by atoms with Crippen LogP contribution in [0.2, 0.25) is 0 Å². The van der Waals surface area contributed by atoms with Crippen molar-refractivity contribution in [2.24, 2.45) is 0 Å². The lowest BCUT2D eigenvalue weighted by molar-refractivity contribution is 0.0922. The van der Waals surface area contributed by atoms with Gasteiger partial charge in [0.2, 0.25) is 5.88 Å². The van der Waals surface area contributed by atoms with Crippen molar-refractivity contribution in [3.8, 4) is 5.88 Å². The van der Waals surface area contributed by atoms with Gasteiger partial charge in [-0.1, -0.05) is 24.3 Å². The second kappa shape index (κ2) is 9.10. The number of hydrogen-bond acceptors (Lipinski definition) is 5. The lowest BCUT2D eigenvalue weighted by atomic mass is 10.2. The molecule has 0 fully saturated rings. The van der Waals surface area contributed by atoms with Crippen LogP contribution >= 0.6 is 11.8 Å². The number of amides is 1. The van der Waals surface area contributed by atoms with E-state index in [4.69, 9.17) is 9.15 Å². The lowest BCUT2D eigenvalue weighted by Gasteiger charge is -2.09. The highest BCUT2D eigenvalue weighted by molar-refractivity contribution is 7.98. The second-order valence-electron chi connectivity index (χ2n) is 5.46. The molecule has 0 saturated heterocycles. The molecule has 0 unspecified atom stereocenters. The fraction of sp³-hybridized carbons (Fsp3) is 0.200. The van der Waals surface area contributed by atoms with Crippen molar-refractivity contribution in [3.05, 3.63) is 77.9 Å². The lowest BCUT2D eigenvalue weighted by Crippen LogP contribution is -2.23. The van der Waals surface area contributed by atoms with Gasteiger partial charge in [-0.25, -0.2) is 4.98 Å². The Bertz CT molecular complexity index is 849. The van der Waals surface area contributed by atoms with E-state index in [1.165, 1.54) is 0 Å². The van der Waals surface area contributed by atoms with Crippen LogP contribution in [0.15, 0.2) is 70.3 Å². The Labute approximate surface area is 156 Å². The van der Waals surface area contributed by atoms with E-state index >= 15 is 0 Å². The molecule has 0 radical (unpaired) electrons. The third-order valence-electron chi connectivity index (χ3n) is 3.66. The van der Waals surface area contributed by atoms with Crippen LogP contribution in [0.4, 0.5) is 0 Å². The highest BCUT2D eigenvalue weighted by atomic mass is 32.2. The molecule has 134 valence electrons. The van der Waals surface area contributed by atoms with Crippen LogP contribution in [-0.2, 0) is 12.3 Å². The number of ether oxygens (including phenoxy) is 1. The van der Waals surface area contributed by atoms with Crippen molar-refractivity contribution in [2.45, 2.75) is 24.1 Å². The second-order valence-corrected chi connectivity index (χ2v) is 6.51. The summed E-state index contributed by atoms with van der Waals surface area (Å²) in [4.78, 5) is 17.8. The fourth-order valence-corrected chi connectivity index (χ4v) is 3.31. The first-order valence-electron chi connectivity index (χ1n) is 8.37. The number of rotatable bonds is 8. The zero-order valence-corrected chi connectivity index (χ0v) is 15.3. The Morgan fingerprint density at radius 2 is 2.00 bits per heavy atom. The van der Waals surface area contributed by atoms with Crippen LogP contribution in [0, 0.1) is 0 Å². The monoisotopic (exact) mass is 368 g/mol. The zero-order valence-electron chi connectivity index (χ0n) is 14.5. The van der Waals surface area contributed by atoms with E-state index < -0.39 is 0 Å². The van der Waals surface area contributed by atoms with Crippen LogP contribution in [-0.4, -0.2) is 17.5 Å². The molecule has 0 aliphatic carbocycles. The van der Waals surface area contributed by atoms with Crippen molar-refractivity contribution in [1.29, 1.82) is 0 Å². The van der Waals surface area contributed by atoms with Crippen LogP contribution in [0.1, 0.15) is 28.6 Å². The summed E-state index contributed by atoms with van der Waals surface area (Å²) >= 11 is 1.66. The van der Waals surface area contributed by atoms with E-state index in [1.54, 1.807) is 24.2 Å². The van der Waals surface area contributed by atoms with Crippen molar-refractivity contribution < 1.29 is 13.9 Å². The Hall–Kier alpha value is -2.73. The van der Waals surface area contributed by atoms with Crippen molar-refractivity contribution >= 4 is 17.7 Å². The van der Waals surface area contributed by atoms with Crippen molar-refractivity contribution in [2.75, 3.05) is 6.61 Å². The molecule has 26 heavy (non-hydrogen) atoms. The van der Waals surface area contributed by atoms with Gasteiger partial charge in [0.1, 0.15) is 0 Å². The summed E-state index contributed by atoms with van der Waals surface area (Å²) in [6.45, 7) is 2.75. The first kappa shape index (κ1) is 18.1. The predicted octanol–water partition coefficient (Wildman–Crippen LogP) is 4.30. The third kappa shape index (κ3) is 4.67. The number of thioether (sulfide) groups is 1. The fourth-order valence-electron chi connectivity index (χ4n) is 2.41. The van der Waals surface area contributed by atoms with Crippen LogP contribution in [0.3, 0.4) is 0 Å². The number of aromatic nitrogens is 1. The molecule has 1 aromatic carbocycles. The first-order chi connectivity index (χ1) is 12.8. The van der Waals surface area contributed by atoms with E-state index in [2.05, 4.69) is 10.3 Å². The number of carbonyl (C=O) groups is 1. The topological polar surface area (TPSA) is 64.4 Å².